The minimum atomic E-state index is -0.917. The number of carbonyl (C=O) groups is 1. The third-order valence-corrected chi connectivity index (χ3v) is 4.79. The van der Waals surface area contributed by atoms with E-state index in [1.54, 1.807) is 0 Å². The van der Waals surface area contributed by atoms with E-state index >= 15 is 0 Å². The molecule has 0 N–H and O–H groups in total. The summed E-state index contributed by atoms with van der Waals surface area (Å²) < 4.78 is 32.8. The Labute approximate surface area is 153 Å². The molecule has 1 saturated heterocycles. The van der Waals surface area contributed by atoms with Crippen LogP contribution < -0.4 is 4.74 Å². The van der Waals surface area contributed by atoms with E-state index in [0.717, 1.165) is 22.2 Å². The first-order valence-electron chi connectivity index (χ1n) is 8.15. The van der Waals surface area contributed by atoms with Gasteiger partial charge in [-0.1, -0.05) is 28.1 Å². The highest BCUT2D eigenvalue weighted by molar-refractivity contribution is 9.10. The Bertz CT molecular complexity index is 744. The van der Waals surface area contributed by atoms with E-state index in [2.05, 4.69) is 15.9 Å². The maximum absolute atomic E-state index is 13.2. The van der Waals surface area contributed by atoms with E-state index in [1.165, 1.54) is 6.07 Å². The highest BCUT2D eigenvalue weighted by atomic mass is 79.9. The number of rotatable bonds is 4. The van der Waals surface area contributed by atoms with Crippen molar-refractivity contribution < 1.29 is 18.3 Å². The Kier molecular flexibility index (Phi) is 5.68. The van der Waals surface area contributed by atoms with Crippen LogP contribution in [0.1, 0.15) is 18.4 Å². The predicted molar refractivity (Wildman–Crippen MR) is 94.4 cm³/mol. The van der Waals surface area contributed by atoms with Crippen LogP contribution >= 0.6 is 15.9 Å². The van der Waals surface area contributed by atoms with Gasteiger partial charge in [-0.3, -0.25) is 4.79 Å². The molecule has 0 bridgehead atoms. The molecule has 0 aromatic heterocycles. The van der Waals surface area contributed by atoms with E-state index in [0.29, 0.717) is 38.1 Å². The molecular weight excluding hydrogens is 392 g/mol. The minimum absolute atomic E-state index is 0.0913. The molecular formula is C19H18BrF2NO2. The van der Waals surface area contributed by atoms with Crippen LogP contribution in [-0.4, -0.2) is 30.0 Å². The molecule has 1 aliphatic rings. The van der Waals surface area contributed by atoms with Gasteiger partial charge < -0.3 is 9.64 Å². The van der Waals surface area contributed by atoms with Crippen molar-refractivity contribution in [2.24, 2.45) is 0 Å². The number of benzene rings is 2. The number of ether oxygens (including phenoxy) is 1. The third-order valence-electron chi connectivity index (χ3n) is 4.26. The molecule has 25 heavy (non-hydrogen) atoms. The second-order valence-corrected chi connectivity index (χ2v) is 6.99. The van der Waals surface area contributed by atoms with E-state index in [1.807, 2.05) is 29.2 Å². The smallest absolute Gasteiger partial charge is 0.226 e. The lowest BCUT2D eigenvalue weighted by Crippen LogP contribution is -2.42. The quantitative estimate of drug-likeness (QED) is 0.751. The molecule has 6 heteroatoms. The van der Waals surface area contributed by atoms with Gasteiger partial charge in [-0.15, -0.1) is 0 Å². The summed E-state index contributed by atoms with van der Waals surface area (Å²) in [4.78, 5) is 14.2. The molecule has 1 heterocycles. The first-order chi connectivity index (χ1) is 12.0. The predicted octanol–water partition coefficient (Wildman–Crippen LogP) is 4.34. The van der Waals surface area contributed by atoms with Gasteiger partial charge in [-0.2, -0.15) is 0 Å². The second kappa shape index (κ2) is 7.95. The van der Waals surface area contributed by atoms with Gasteiger partial charge in [0, 0.05) is 36.5 Å². The monoisotopic (exact) mass is 409 g/mol. The van der Waals surface area contributed by atoms with Crippen LogP contribution in [0.4, 0.5) is 8.78 Å². The number of likely N-dealkylation sites (tertiary alicyclic amines) is 1. The zero-order valence-corrected chi connectivity index (χ0v) is 15.1. The first-order valence-corrected chi connectivity index (χ1v) is 8.94. The fourth-order valence-electron chi connectivity index (χ4n) is 2.85. The number of carbonyl (C=O) groups excluding carboxylic acids is 1. The van der Waals surface area contributed by atoms with Crippen LogP contribution in [-0.2, 0) is 11.2 Å². The standard InChI is InChI=1S/C19H18BrF2NO2/c20-14-3-1-13(2-4-14)11-19(24)23-9-7-15(8-10-23)25-16-5-6-17(21)18(22)12-16/h1-6,12,15H,7-11H2. The van der Waals surface area contributed by atoms with E-state index in [-0.39, 0.29) is 12.0 Å². The summed E-state index contributed by atoms with van der Waals surface area (Å²) >= 11 is 3.38. The summed E-state index contributed by atoms with van der Waals surface area (Å²) in [5.41, 5.74) is 0.980. The van der Waals surface area contributed by atoms with Crippen LogP contribution in [0.3, 0.4) is 0 Å². The molecule has 1 amide bonds. The summed E-state index contributed by atoms with van der Waals surface area (Å²) in [5.74, 6) is -1.40. The number of halogens is 3. The van der Waals surface area contributed by atoms with Crippen molar-refractivity contribution in [2.75, 3.05) is 13.1 Å². The Morgan fingerprint density at radius 3 is 2.40 bits per heavy atom. The first kappa shape index (κ1) is 17.9. The van der Waals surface area contributed by atoms with E-state index < -0.39 is 11.6 Å². The van der Waals surface area contributed by atoms with Crippen molar-refractivity contribution in [2.45, 2.75) is 25.4 Å². The van der Waals surface area contributed by atoms with Crippen LogP contribution in [0.25, 0.3) is 0 Å². The Balaban J connectivity index is 1.50. The summed E-state index contributed by atoms with van der Waals surface area (Å²) in [6, 6.07) is 11.2. The van der Waals surface area contributed by atoms with Gasteiger partial charge in [0.05, 0.1) is 6.42 Å². The Morgan fingerprint density at radius 1 is 1.08 bits per heavy atom. The highest BCUT2D eigenvalue weighted by Gasteiger charge is 2.24. The maximum atomic E-state index is 13.2. The normalized spacial score (nSPS) is 15.2. The fourth-order valence-corrected chi connectivity index (χ4v) is 3.12. The molecule has 2 aromatic carbocycles. The lowest BCUT2D eigenvalue weighted by molar-refractivity contribution is -0.132. The van der Waals surface area contributed by atoms with Crippen LogP contribution in [0, 0.1) is 11.6 Å². The SMILES string of the molecule is O=C(Cc1ccc(Br)cc1)N1CCC(Oc2ccc(F)c(F)c2)CC1. The summed E-state index contributed by atoms with van der Waals surface area (Å²) in [6.45, 7) is 1.20. The Hall–Kier alpha value is -1.95. The highest BCUT2D eigenvalue weighted by Crippen LogP contribution is 2.21. The molecule has 2 aromatic rings. The molecule has 1 aliphatic heterocycles. The second-order valence-electron chi connectivity index (χ2n) is 6.08. The summed E-state index contributed by atoms with van der Waals surface area (Å²) in [7, 11) is 0. The third kappa shape index (κ3) is 4.78. The summed E-state index contributed by atoms with van der Waals surface area (Å²) in [6.07, 6.45) is 1.62. The van der Waals surface area contributed by atoms with Crippen LogP contribution in [0.2, 0.25) is 0 Å². The van der Waals surface area contributed by atoms with Crippen molar-refractivity contribution in [3.05, 3.63) is 64.1 Å². The number of piperidine rings is 1. The average Bonchev–Trinajstić information content (AvgIpc) is 2.61. The molecule has 0 unspecified atom stereocenters. The molecule has 0 saturated carbocycles. The lowest BCUT2D eigenvalue weighted by Gasteiger charge is -2.32. The molecule has 3 nitrogen and oxygen atoms in total. The average molecular weight is 410 g/mol. The minimum Gasteiger partial charge on any atom is -0.490 e. The van der Waals surface area contributed by atoms with Gasteiger partial charge in [0.2, 0.25) is 5.91 Å². The topological polar surface area (TPSA) is 29.5 Å². The summed E-state index contributed by atoms with van der Waals surface area (Å²) in [5, 5.41) is 0. The molecule has 0 atom stereocenters. The van der Waals surface area contributed by atoms with Gasteiger partial charge >= 0.3 is 0 Å². The van der Waals surface area contributed by atoms with Crippen molar-refractivity contribution in [3.63, 3.8) is 0 Å². The van der Waals surface area contributed by atoms with Crippen LogP contribution in [0.15, 0.2) is 46.9 Å². The molecule has 132 valence electrons. The van der Waals surface area contributed by atoms with Crippen molar-refractivity contribution in [1.82, 2.24) is 4.90 Å². The van der Waals surface area contributed by atoms with Gasteiger partial charge in [0.25, 0.3) is 0 Å². The number of amides is 1. The van der Waals surface area contributed by atoms with Crippen LogP contribution in [0.5, 0.6) is 5.75 Å². The molecule has 1 fully saturated rings. The zero-order chi connectivity index (χ0) is 17.8. The fraction of sp³-hybridized carbons (Fsp3) is 0.316. The zero-order valence-electron chi connectivity index (χ0n) is 13.6. The van der Waals surface area contributed by atoms with Crippen molar-refractivity contribution >= 4 is 21.8 Å². The number of nitrogens with zero attached hydrogens (tertiary/aromatic N) is 1. The maximum Gasteiger partial charge on any atom is 0.226 e. The van der Waals surface area contributed by atoms with Gasteiger partial charge in [-0.05, 0) is 29.8 Å². The van der Waals surface area contributed by atoms with Gasteiger partial charge in [-0.25, -0.2) is 8.78 Å². The molecule has 0 aliphatic carbocycles. The lowest BCUT2D eigenvalue weighted by atomic mass is 10.1. The number of hydrogen-bond donors (Lipinski definition) is 0. The van der Waals surface area contributed by atoms with Crippen molar-refractivity contribution in [3.8, 4) is 5.75 Å². The van der Waals surface area contributed by atoms with Gasteiger partial charge in [0.1, 0.15) is 11.9 Å². The largest absolute Gasteiger partial charge is 0.490 e. The molecule has 0 spiro atoms. The van der Waals surface area contributed by atoms with Gasteiger partial charge in [0.15, 0.2) is 11.6 Å². The molecule has 3 rings (SSSR count). The van der Waals surface area contributed by atoms with Crippen molar-refractivity contribution in [1.29, 1.82) is 0 Å². The number of hydrogen-bond acceptors (Lipinski definition) is 2. The van der Waals surface area contributed by atoms with E-state index in [9.17, 15) is 13.6 Å². The van der Waals surface area contributed by atoms with E-state index in [4.69, 9.17) is 4.74 Å². The Morgan fingerprint density at radius 2 is 1.76 bits per heavy atom. The molecule has 0 radical (unpaired) electrons.